The maximum atomic E-state index is 12.3. The Hall–Kier alpha value is -1.56. The average molecular weight is 341 g/mol. The maximum Gasteiger partial charge on any atom is 0.329 e. The Morgan fingerprint density at radius 1 is 1.20 bits per heavy atom. The molecule has 0 bridgehead atoms. The number of carboxylic acids is 1. The number of benzene rings is 1. The van der Waals surface area contributed by atoms with Crippen molar-refractivity contribution >= 4 is 33.5 Å². The number of rotatable bonds is 3. The summed E-state index contributed by atoms with van der Waals surface area (Å²) in [6, 6.07) is 4.85. The van der Waals surface area contributed by atoms with Crippen molar-refractivity contribution in [2.24, 2.45) is 0 Å². The third-order valence-corrected chi connectivity index (χ3v) is 4.11. The molecule has 0 spiro atoms. The molecule has 0 radical (unpaired) electrons. The SMILES string of the molecule is Nc1cc(Br)cc(C(=O)NC2(C(=O)O)CCCCC2)c1. The first kappa shape index (κ1) is 14.8. The predicted octanol–water partition coefficient (Wildman–Crippen LogP) is 2.55. The number of carboxylic acid groups (broad SMARTS) is 1. The number of carbonyl (C=O) groups excluding carboxylic acids is 1. The zero-order valence-corrected chi connectivity index (χ0v) is 12.6. The Bertz CT molecular complexity index is 519. The minimum absolute atomic E-state index is 0.364. The summed E-state index contributed by atoms with van der Waals surface area (Å²) in [4.78, 5) is 23.8. The third kappa shape index (κ3) is 3.12. The molecule has 1 amide bonds. The number of nitrogen functional groups attached to an aromatic ring is 1. The van der Waals surface area contributed by atoms with Crippen molar-refractivity contribution in [2.45, 2.75) is 37.6 Å². The molecule has 0 heterocycles. The van der Waals surface area contributed by atoms with E-state index in [4.69, 9.17) is 5.73 Å². The molecule has 20 heavy (non-hydrogen) atoms. The molecular weight excluding hydrogens is 324 g/mol. The van der Waals surface area contributed by atoms with Crippen molar-refractivity contribution in [3.05, 3.63) is 28.2 Å². The van der Waals surface area contributed by atoms with Crippen LogP contribution in [-0.2, 0) is 4.79 Å². The van der Waals surface area contributed by atoms with E-state index in [-0.39, 0.29) is 0 Å². The molecular formula is C14H17BrN2O3. The van der Waals surface area contributed by atoms with Crippen LogP contribution in [-0.4, -0.2) is 22.5 Å². The molecule has 0 unspecified atom stereocenters. The number of carbonyl (C=O) groups is 2. The fourth-order valence-electron chi connectivity index (χ4n) is 2.58. The van der Waals surface area contributed by atoms with Crippen LogP contribution in [0.25, 0.3) is 0 Å². The van der Waals surface area contributed by atoms with Crippen LogP contribution < -0.4 is 11.1 Å². The average Bonchev–Trinajstić information content (AvgIpc) is 2.38. The Balaban J connectivity index is 2.22. The molecule has 0 aromatic heterocycles. The van der Waals surface area contributed by atoms with Gasteiger partial charge < -0.3 is 16.2 Å². The van der Waals surface area contributed by atoms with Gasteiger partial charge in [0.1, 0.15) is 5.54 Å². The molecule has 1 aromatic rings. The van der Waals surface area contributed by atoms with E-state index in [1.165, 1.54) is 0 Å². The summed E-state index contributed by atoms with van der Waals surface area (Å²) in [6.45, 7) is 0. The van der Waals surface area contributed by atoms with Gasteiger partial charge in [-0.15, -0.1) is 0 Å². The molecule has 1 aliphatic rings. The third-order valence-electron chi connectivity index (χ3n) is 3.65. The Morgan fingerprint density at radius 3 is 2.40 bits per heavy atom. The zero-order valence-electron chi connectivity index (χ0n) is 11.0. The summed E-state index contributed by atoms with van der Waals surface area (Å²) in [5, 5.41) is 12.1. The lowest BCUT2D eigenvalue weighted by atomic mass is 9.81. The summed E-state index contributed by atoms with van der Waals surface area (Å²) >= 11 is 3.27. The van der Waals surface area contributed by atoms with Gasteiger partial charge in [0.2, 0.25) is 0 Å². The standard InChI is InChI=1S/C14H17BrN2O3/c15-10-6-9(7-11(16)8-10)12(18)17-14(13(19)20)4-2-1-3-5-14/h6-8H,1-5,16H2,(H,17,18)(H,19,20). The minimum Gasteiger partial charge on any atom is -0.480 e. The second kappa shape index (κ2) is 5.83. The first-order valence-electron chi connectivity index (χ1n) is 6.55. The number of nitrogens with two attached hydrogens (primary N) is 1. The van der Waals surface area contributed by atoms with Crippen LogP contribution in [0.1, 0.15) is 42.5 Å². The molecule has 1 aliphatic carbocycles. The smallest absolute Gasteiger partial charge is 0.329 e. The monoisotopic (exact) mass is 340 g/mol. The van der Waals surface area contributed by atoms with E-state index in [1.54, 1.807) is 18.2 Å². The van der Waals surface area contributed by atoms with Crippen molar-refractivity contribution in [1.82, 2.24) is 5.32 Å². The fourth-order valence-corrected chi connectivity index (χ4v) is 3.09. The summed E-state index contributed by atoms with van der Waals surface area (Å²) in [5.41, 5.74) is 5.37. The summed E-state index contributed by atoms with van der Waals surface area (Å²) in [5.74, 6) is -1.36. The van der Waals surface area contributed by atoms with Crippen molar-refractivity contribution in [1.29, 1.82) is 0 Å². The fraction of sp³-hybridized carbons (Fsp3) is 0.429. The van der Waals surface area contributed by atoms with Crippen LogP contribution in [0.4, 0.5) is 5.69 Å². The van der Waals surface area contributed by atoms with E-state index in [2.05, 4.69) is 21.2 Å². The summed E-state index contributed by atoms with van der Waals surface area (Å²) in [7, 11) is 0. The zero-order chi connectivity index (χ0) is 14.8. The number of aliphatic carboxylic acids is 1. The summed E-state index contributed by atoms with van der Waals surface area (Å²) < 4.78 is 0.690. The second-order valence-corrected chi connectivity index (χ2v) is 6.09. The van der Waals surface area contributed by atoms with Crippen LogP contribution in [0, 0.1) is 0 Å². The highest BCUT2D eigenvalue weighted by molar-refractivity contribution is 9.10. The van der Waals surface area contributed by atoms with Crippen molar-refractivity contribution in [3.8, 4) is 0 Å². The van der Waals surface area contributed by atoms with Gasteiger partial charge in [-0.3, -0.25) is 4.79 Å². The van der Waals surface area contributed by atoms with E-state index in [9.17, 15) is 14.7 Å². The molecule has 5 nitrogen and oxygen atoms in total. The van der Waals surface area contributed by atoms with E-state index >= 15 is 0 Å². The van der Waals surface area contributed by atoms with Gasteiger partial charge in [-0.1, -0.05) is 35.2 Å². The normalized spacial score (nSPS) is 17.4. The Morgan fingerprint density at radius 2 is 1.85 bits per heavy atom. The van der Waals surface area contributed by atoms with Gasteiger partial charge in [-0.05, 0) is 31.0 Å². The maximum absolute atomic E-state index is 12.3. The molecule has 0 aliphatic heterocycles. The number of halogens is 1. The van der Waals surface area contributed by atoms with Gasteiger partial charge in [0.05, 0.1) is 0 Å². The van der Waals surface area contributed by atoms with Gasteiger partial charge in [-0.25, -0.2) is 4.79 Å². The Kier molecular flexibility index (Phi) is 4.32. The van der Waals surface area contributed by atoms with Gasteiger partial charge in [0, 0.05) is 15.7 Å². The lowest BCUT2D eigenvalue weighted by molar-refractivity contribution is -0.145. The molecule has 108 valence electrons. The molecule has 1 saturated carbocycles. The van der Waals surface area contributed by atoms with Crippen LogP contribution in [0.5, 0.6) is 0 Å². The van der Waals surface area contributed by atoms with Gasteiger partial charge in [-0.2, -0.15) is 0 Å². The van der Waals surface area contributed by atoms with E-state index < -0.39 is 17.4 Å². The number of nitrogens with one attached hydrogen (secondary N) is 1. The number of hydrogen-bond donors (Lipinski definition) is 3. The lowest BCUT2D eigenvalue weighted by Crippen LogP contribution is -2.55. The van der Waals surface area contributed by atoms with Crippen LogP contribution in [0.2, 0.25) is 0 Å². The van der Waals surface area contributed by atoms with Crippen LogP contribution >= 0.6 is 15.9 Å². The first-order valence-corrected chi connectivity index (χ1v) is 7.34. The van der Waals surface area contributed by atoms with Gasteiger partial charge in [0.25, 0.3) is 5.91 Å². The van der Waals surface area contributed by atoms with E-state index in [1.807, 2.05) is 0 Å². The van der Waals surface area contributed by atoms with Gasteiger partial charge in [0.15, 0.2) is 0 Å². The van der Waals surface area contributed by atoms with Crippen molar-refractivity contribution < 1.29 is 14.7 Å². The largest absolute Gasteiger partial charge is 0.480 e. The molecule has 1 fully saturated rings. The molecule has 2 rings (SSSR count). The van der Waals surface area contributed by atoms with Crippen LogP contribution in [0.3, 0.4) is 0 Å². The van der Waals surface area contributed by atoms with Crippen LogP contribution in [0.15, 0.2) is 22.7 Å². The quantitative estimate of drug-likeness (QED) is 0.737. The molecule has 4 N–H and O–H groups in total. The highest BCUT2D eigenvalue weighted by Crippen LogP contribution is 2.29. The highest BCUT2D eigenvalue weighted by atomic mass is 79.9. The van der Waals surface area contributed by atoms with E-state index in [0.717, 1.165) is 19.3 Å². The molecule has 6 heteroatoms. The Labute approximate surface area is 125 Å². The van der Waals surface area contributed by atoms with Gasteiger partial charge >= 0.3 is 5.97 Å². The van der Waals surface area contributed by atoms with Crippen molar-refractivity contribution in [2.75, 3.05) is 5.73 Å². The number of hydrogen-bond acceptors (Lipinski definition) is 3. The second-order valence-electron chi connectivity index (χ2n) is 5.18. The summed E-state index contributed by atoms with van der Waals surface area (Å²) in [6.07, 6.45) is 3.57. The molecule has 1 aromatic carbocycles. The predicted molar refractivity (Wildman–Crippen MR) is 79.5 cm³/mol. The number of anilines is 1. The first-order chi connectivity index (χ1) is 9.43. The highest BCUT2D eigenvalue weighted by Gasteiger charge is 2.41. The van der Waals surface area contributed by atoms with Crippen molar-refractivity contribution in [3.63, 3.8) is 0 Å². The minimum atomic E-state index is -1.15. The van der Waals surface area contributed by atoms with E-state index in [0.29, 0.717) is 28.6 Å². The number of amides is 1. The topological polar surface area (TPSA) is 92.4 Å². The molecule has 0 atom stereocenters. The molecule has 0 saturated heterocycles. The lowest BCUT2D eigenvalue weighted by Gasteiger charge is -2.34.